The number of phosphoric ester groups is 2. The Bertz CT molecular complexity index is 1340. The highest BCUT2D eigenvalue weighted by atomic mass is 31.2. The number of allylic oxidation sites excluding steroid dienone is 8. The number of carbonyl (C=O) groups is 2. The zero-order valence-electron chi connectivity index (χ0n) is 37.8. The third-order valence-electron chi connectivity index (χ3n) is 9.45. The number of unbranched alkanes of at least 4 members (excludes halogenated alkanes) is 17. The predicted molar refractivity (Wildman–Crippen MR) is 245 cm³/mol. The SMILES string of the molecule is CCCCC/C=C\C/C=C\CC(O)/C=C\C=C\CCCC(=O)O[C@H](COC(=O)CCCCCCCCC/C=C\CCCCCCCC)COP(=O)(O)OC[C@@H](O)COP(=O)(O)O. The van der Waals surface area contributed by atoms with Crippen molar-refractivity contribution in [3.8, 4) is 0 Å². The first kappa shape index (κ1) is 59.8. The van der Waals surface area contributed by atoms with Gasteiger partial charge >= 0.3 is 27.6 Å². The largest absolute Gasteiger partial charge is 0.472 e. The van der Waals surface area contributed by atoms with Gasteiger partial charge in [0.15, 0.2) is 6.10 Å². The molecule has 0 aromatic rings. The minimum atomic E-state index is -4.88. The molecule has 0 rings (SSSR count). The first-order chi connectivity index (χ1) is 29.8. The van der Waals surface area contributed by atoms with E-state index in [1.54, 1.807) is 18.2 Å². The van der Waals surface area contributed by atoms with Gasteiger partial charge in [0.05, 0.1) is 25.9 Å². The smallest absolute Gasteiger partial charge is 0.462 e. The van der Waals surface area contributed by atoms with E-state index in [0.29, 0.717) is 25.7 Å². The lowest BCUT2D eigenvalue weighted by Gasteiger charge is -2.20. The summed E-state index contributed by atoms with van der Waals surface area (Å²) in [6.45, 7) is 1.56. The molecule has 5 N–H and O–H groups in total. The van der Waals surface area contributed by atoms with Crippen LogP contribution in [0.4, 0.5) is 0 Å². The summed E-state index contributed by atoms with van der Waals surface area (Å²) in [5.74, 6) is -1.17. The average molecular weight is 921 g/mol. The van der Waals surface area contributed by atoms with Crippen LogP contribution in [0, 0.1) is 0 Å². The molecule has 0 amide bonds. The standard InChI is InChI=1S/C46H82O14P2/c1-3-5-7-9-11-13-14-15-16-17-18-19-20-22-24-28-32-36-45(49)56-40-44(41-59-62(54,55)58-39-43(48)38-57-61(51,52)53)60-46(50)37-33-29-25-27-31-35-42(47)34-30-26-23-21-12-10-8-6-4-2/h12,15-16,21,25-27,30-31,35,42-44,47-48H,3-11,13-14,17-20,22-24,28-29,32-34,36-41H2,1-2H3,(H,54,55)(H2,51,52,53)/b16-15-,21-12-,27-25+,30-26-,35-31-/t42?,43-,44+/m0/s1. The fraction of sp³-hybridized carbons (Fsp3) is 0.739. The van der Waals surface area contributed by atoms with Crippen LogP contribution in [0.25, 0.3) is 0 Å². The molecule has 0 aromatic carbocycles. The van der Waals surface area contributed by atoms with Crippen LogP contribution in [-0.2, 0) is 41.8 Å². The first-order valence-corrected chi connectivity index (χ1v) is 26.1. The van der Waals surface area contributed by atoms with E-state index in [9.17, 15) is 33.8 Å². The summed E-state index contributed by atoms with van der Waals surface area (Å²) in [6, 6.07) is 0. The first-order valence-electron chi connectivity index (χ1n) is 23.1. The zero-order valence-corrected chi connectivity index (χ0v) is 39.6. The lowest BCUT2D eigenvalue weighted by atomic mass is 10.1. The van der Waals surface area contributed by atoms with Crippen LogP contribution < -0.4 is 0 Å². The lowest BCUT2D eigenvalue weighted by molar-refractivity contribution is -0.161. The monoisotopic (exact) mass is 921 g/mol. The molecule has 14 nitrogen and oxygen atoms in total. The van der Waals surface area contributed by atoms with E-state index >= 15 is 0 Å². The molecule has 0 heterocycles. The number of phosphoric acid groups is 2. The third kappa shape index (κ3) is 44.4. The Morgan fingerprint density at radius 1 is 0.532 bits per heavy atom. The van der Waals surface area contributed by atoms with Crippen LogP contribution in [0.2, 0.25) is 0 Å². The summed E-state index contributed by atoms with van der Waals surface area (Å²) in [5, 5.41) is 19.9. The van der Waals surface area contributed by atoms with Crippen LogP contribution in [0.1, 0.15) is 174 Å². The Hall–Kier alpha value is -2.22. The van der Waals surface area contributed by atoms with Gasteiger partial charge in [-0.1, -0.05) is 152 Å². The second-order valence-electron chi connectivity index (χ2n) is 15.5. The number of hydrogen-bond donors (Lipinski definition) is 5. The quantitative estimate of drug-likeness (QED) is 0.0126. The Labute approximate surface area is 373 Å². The summed E-state index contributed by atoms with van der Waals surface area (Å²) in [7, 11) is -9.73. The Morgan fingerprint density at radius 2 is 1.03 bits per heavy atom. The van der Waals surface area contributed by atoms with Crippen molar-refractivity contribution in [1.82, 2.24) is 0 Å². The Balaban J connectivity index is 4.66. The molecule has 0 aliphatic carbocycles. The van der Waals surface area contributed by atoms with Crippen molar-refractivity contribution in [1.29, 1.82) is 0 Å². The van der Waals surface area contributed by atoms with Crippen LogP contribution in [0.15, 0.2) is 60.8 Å². The van der Waals surface area contributed by atoms with Gasteiger partial charge in [-0.2, -0.15) is 0 Å². The van der Waals surface area contributed by atoms with E-state index in [1.807, 2.05) is 18.2 Å². The van der Waals surface area contributed by atoms with Gasteiger partial charge in [-0.15, -0.1) is 0 Å². The maximum absolute atomic E-state index is 12.7. The second-order valence-corrected chi connectivity index (χ2v) is 18.2. The van der Waals surface area contributed by atoms with Crippen molar-refractivity contribution in [3.05, 3.63) is 60.8 Å². The van der Waals surface area contributed by atoms with Crippen molar-refractivity contribution in [2.45, 2.75) is 193 Å². The molecule has 62 heavy (non-hydrogen) atoms. The minimum absolute atomic E-state index is 0.00598. The normalized spacial score (nSPS) is 15.0. The average Bonchev–Trinajstić information content (AvgIpc) is 3.23. The summed E-state index contributed by atoms with van der Waals surface area (Å²) >= 11 is 0. The summed E-state index contributed by atoms with van der Waals surface area (Å²) in [5.41, 5.74) is 0. The zero-order chi connectivity index (χ0) is 46.0. The molecule has 360 valence electrons. The third-order valence-corrected chi connectivity index (χ3v) is 10.9. The fourth-order valence-corrected chi connectivity index (χ4v) is 7.04. The molecular weight excluding hydrogens is 838 g/mol. The predicted octanol–water partition coefficient (Wildman–Crippen LogP) is 11.0. The Morgan fingerprint density at radius 3 is 1.68 bits per heavy atom. The summed E-state index contributed by atoms with van der Waals surface area (Å²) in [4.78, 5) is 52.7. The molecule has 0 aromatic heterocycles. The van der Waals surface area contributed by atoms with E-state index < -0.39 is 72.3 Å². The second kappa shape index (κ2) is 41.5. The highest BCUT2D eigenvalue weighted by molar-refractivity contribution is 7.47. The molecule has 0 saturated heterocycles. The molecule has 0 spiro atoms. The van der Waals surface area contributed by atoms with Crippen molar-refractivity contribution < 1.29 is 66.7 Å². The number of ether oxygens (including phenoxy) is 2. The molecule has 2 unspecified atom stereocenters. The number of aliphatic hydroxyl groups is 2. The maximum Gasteiger partial charge on any atom is 0.472 e. The number of carbonyl (C=O) groups excluding carboxylic acids is 2. The molecule has 4 atom stereocenters. The highest BCUT2D eigenvalue weighted by Crippen LogP contribution is 2.43. The van der Waals surface area contributed by atoms with Crippen molar-refractivity contribution in [2.75, 3.05) is 26.4 Å². The molecular formula is C46H82O14P2. The molecule has 0 bridgehead atoms. The van der Waals surface area contributed by atoms with Gasteiger partial charge in [0.2, 0.25) is 0 Å². The van der Waals surface area contributed by atoms with E-state index in [-0.39, 0.29) is 12.8 Å². The molecule has 0 fully saturated rings. The number of rotatable bonds is 43. The maximum atomic E-state index is 12.7. The van der Waals surface area contributed by atoms with Crippen molar-refractivity contribution in [3.63, 3.8) is 0 Å². The highest BCUT2D eigenvalue weighted by Gasteiger charge is 2.28. The van der Waals surface area contributed by atoms with E-state index in [4.69, 9.17) is 23.8 Å². The van der Waals surface area contributed by atoms with Crippen LogP contribution in [0.5, 0.6) is 0 Å². The Kier molecular flexibility index (Phi) is 40.0. The molecule has 16 heteroatoms. The number of aliphatic hydroxyl groups excluding tert-OH is 2. The van der Waals surface area contributed by atoms with Gasteiger partial charge < -0.3 is 34.4 Å². The van der Waals surface area contributed by atoms with Gasteiger partial charge in [-0.3, -0.25) is 23.2 Å². The van der Waals surface area contributed by atoms with Gasteiger partial charge in [0, 0.05) is 12.8 Å². The summed E-state index contributed by atoms with van der Waals surface area (Å²) in [6.07, 6.45) is 40.9. The van der Waals surface area contributed by atoms with Crippen LogP contribution >= 0.6 is 15.6 Å². The van der Waals surface area contributed by atoms with Gasteiger partial charge in [0.1, 0.15) is 12.7 Å². The molecule has 0 aliphatic rings. The molecule has 0 aliphatic heterocycles. The lowest BCUT2D eigenvalue weighted by Crippen LogP contribution is -2.29. The van der Waals surface area contributed by atoms with Crippen molar-refractivity contribution in [2.24, 2.45) is 0 Å². The number of esters is 2. The molecule has 0 radical (unpaired) electrons. The van der Waals surface area contributed by atoms with Gasteiger partial charge in [0.25, 0.3) is 0 Å². The van der Waals surface area contributed by atoms with E-state index in [0.717, 1.165) is 44.9 Å². The fourth-order valence-electron chi connectivity index (χ4n) is 5.89. The van der Waals surface area contributed by atoms with Crippen LogP contribution in [0.3, 0.4) is 0 Å². The van der Waals surface area contributed by atoms with Crippen molar-refractivity contribution >= 4 is 27.6 Å². The van der Waals surface area contributed by atoms with E-state index in [1.165, 1.54) is 77.0 Å². The van der Waals surface area contributed by atoms with Gasteiger partial charge in [-0.05, 0) is 70.6 Å². The van der Waals surface area contributed by atoms with Gasteiger partial charge in [-0.25, -0.2) is 9.13 Å². The van der Waals surface area contributed by atoms with Crippen LogP contribution in [-0.4, -0.2) is 81.6 Å². The topological polar surface area (TPSA) is 216 Å². The van der Waals surface area contributed by atoms with E-state index in [2.05, 4.69) is 47.2 Å². The molecule has 0 saturated carbocycles. The summed E-state index contributed by atoms with van der Waals surface area (Å²) < 4.78 is 47.7. The minimum Gasteiger partial charge on any atom is -0.462 e. The number of hydrogen-bond acceptors (Lipinski definition) is 11.